The van der Waals surface area contributed by atoms with E-state index in [0.717, 1.165) is 11.1 Å². The first-order valence-corrected chi connectivity index (χ1v) is 8.55. The lowest BCUT2D eigenvalue weighted by atomic mass is 9.89. The molecule has 0 aromatic heterocycles. The summed E-state index contributed by atoms with van der Waals surface area (Å²) >= 11 is 0. The number of fused-ring (bicyclic) bond motifs is 1. The van der Waals surface area contributed by atoms with Crippen LogP contribution in [0, 0.1) is 6.92 Å². The molecule has 5 nitrogen and oxygen atoms in total. The summed E-state index contributed by atoms with van der Waals surface area (Å²) in [4.78, 5) is 14.7. The molecule has 0 aliphatic carbocycles. The summed E-state index contributed by atoms with van der Waals surface area (Å²) in [6.45, 7) is 3.69. The van der Waals surface area contributed by atoms with E-state index in [4.69, 9.17) is 9.47 Å². The Morgan fingerprint density at radius 3 is 2.76 bits per heavy atom. The number of carbonyl (C=O) groups excluding carboxylic acids is 1. The van der Waals surface area contributed by atoms with Gasteiger partial charge in [-0.15, -0.1) is 0 Å². The van der Waals surface area contributed by atoms with E-state index in [9.17, 15) is 9.90 Å². The molecule has 0 radical (unpaired) electrons. The smallest absolute Gasteiger partial charge is 0.257 e. The molecule has 1 fully saturated rings. The topological polar surface area (TPSA) is 59.0 Å². The van der Waals surface area contributed by atoms with Crippen molar-refractivity contribution in [3.63, 3.8) is 0 Å². The van der Waals surface area contributed by atoms with Gasteiger partial charge in [-0.2, -0.15) is 0 Å². The molecule has 1 atom stereocenters. The van der Waals surface area contributed by atoms with Gasteiger partial charge in [0.05, 0.1) is 12.1 Å². The molecule has 4 rings (SSSR count). The minimum atomic E-state index is -1.01. The van der Waals surface area contributed by atoms with Crippen molar-refractivity contribution in [1.29, 1.82) is 0 Å². The van der Waals surface area contributed by atoms with Crippen LogP contribution in [0.1, 0.15) is 27.9 Å². The Bertz CT molecular complexity index is 819. The molecule has 0 unspecified atom stereocenters. The summed E-state index contributed by atoms with van der Waals surface area (Å²) < 4.78 is 11.2. The summed E-state index contributed by atoms with van der Waals surface area (Å²) in [5, 5.41) is 11.1. The zero-order chi connectivity index (χ0) is 17.4. The number of hydrogen-bond donors (Lipinski definition) is 1. The van der Waals surface area contributed by atoms with Gasteiger partial charge < -0.3 is 19.5 Å². The number of rotatable bonds is 2. The molecule has 5 heteroatoms. The van der Waals surface area contributed by atoms with Gasteiger partial charge in [-0.1, -0.05) is 30.3 Å². The second kappa shape index (κ2) is 6.08. The van der Waals surface area contributed by atoms with Gasteiger partial charge in [0, 0.05) is 6.54 Å². The molecule has 2 heterocycles. The van der Waals surface area contributed by atoms with E-state index in [0.29, 0.717) is 43.2 Å². The summed E-state index contributed by atoms with van der Waals surface area (Å²) in [7, 11) is 0. The van der Waals surface area contributed by atoms with Crippen LogP contribution in [-0.2, 0) is 5.60 Å². The molecule has 2 aliphatic rings. The molecule has 1 amide bonds. The van der Waals surface area contributed by atoms with Crippen molar-refractivity contribution in [3.05, 3.63) is 59.2 Å². The molecule has 0 spiro atoms. The van der Waals surface area contributed by atoms with E-state index >= 15 is 0 Å². The van der Waals surface area contributed by atoms with Crippen molar-refractivity contribution in [2.24, 2.45) is 0 Å². The number of aryl methyl sites for hydroxylation is 1. The molecule has 2 aliphatic heterocycles. The monoisotopic (exact) mass is 339 g/mol. The van der Waals surface area contributed by atoms with Crippen molar-refractivity contribution in [3.8, 4) is 11.5 Å². The average molecular weight is 339 g/mol. The molecule has 0 bridgehead atoms. The Labute approximate surface area is 146 Å². The first-order chi connectivity index (χ1) is 12.1. The SMILES string of the molecule is Cc1ccccc1[C@@]1(O)CCN(C(=O)c2cccc3c2OCCO3)C1. The van der Waals surface area contributed by atoms with E-state index in [1.54, 1.807) is 23.1 Å². The van der Waals surface area contributed by atoms with Gasteiger partial charge in [-0.3, -0.25) is 4.79 Å². The Balaban J connectivity index is 1.60. The minimum Gasteiger partial charge on any atom is -0.486 e. The van der Waals surface area contributed by atoms with Crippen LogP contribution < -0.4 is 9.47 Å². The van der Waals surface area contributed by atoms with Crippen molar-refractivity contribution >= 4 is 5.91 Å². The number of likely N-dealkylation sites (tertiary alicyclic amines) is 1. The molecule has 130 valence electrons. The predicted molar refractivity (Wildman–Crippen MR) is 93.0 cm³/mol. The van der Waals surface area contributed by atoms with Gasteiger partial charge in [0.1, 0.15) is 18.8 Å². The van der Waals surface area contributed by atoms with E-state index in [1.807, 2.05) is 31.2 Å². The second-order valence-electron chi connectivity index (χ2n) is 6.65. The maximum absolute atomic E-state index is 13.0. The molecule has 1 saturated heterocycles. The third-order valence-corrected chi connectivity index (χ3v) is 4.98. The van der Waals surface area contributed by atoms with Crippen LogP contribution in [0.25, 0.3) is 0 Å². The molecule has 2 aromatic carbocycles. The number of benzene rings is 2. The third-order valence-electron chi connectivity index (χ3n) is 4.98. The highest BCUT2D eigenvalue weighted by atomic mass is 16.6. The van der Waals surface area contributed by atoms with Crippen LogP contribution >= 0.6 is 0 Å². The van der Waals surface area contributed by atoms with Crippen LogP contribution in [0.3, 0.4) is 0 Å². The zero-order valence-electron chi connectivity index (χ0n) is 14.2. The number of para-hydroxylation sites is 1. The molecular weight excluding hydrogens is 318 g/mol. The average Bonchev–Trinajstić information content (AvgIpc) is 3.04. The van der Waals surface area contributed by atoms with E-state index in [1.165, 1.54) is 0 Å². The molecular formula is C20H21NO4. The normalized spacial score (nSPS) is 22.1. The van der Waals surface area contributed by atoms with Crippen molar-refractivity contribution in [2.45, 2.75) is 18.9 Å². The lowest BCUT2D eigenvalue weighted by Gasteiger charge is -2.26. The highest BCUT2D eigenvalue weighted by Crippen LogP contribution is 2.38. The van der Waals surface area contributed by atoms with E-state index in [-0.39, 0.29) is 12.5 Å². The first-order valence-electron chi connectivity index (χ1n) is 8.55. The predicted octanol–water partition coefficient (Wildman–Crippen LogP) is 2.50. The van der Waals surface area contributed by atoms with Crippen LogP contribution in [0.5, 0.6) is 11.5 Å². The van der Waals surface area contributed by atoms with Crippen LogP contribution in [0.4, 0.5) is 0 Å². The van der Waals surface area contributed by atoms with Gasteiger partial charge >= 0.3 is 0 Å². The Morgan fingerprint density at radius 1 is 1.12 bits per heavy atom. The molecule has 2 aromatic rings. The second-order valence-corrected chi connectivity index (χ2v) is 6.65. The van der Waals surface area contributed by atoms with Gasteiger partial charge in [-0.05, 0) is 36.6 Å². The Morgan fingerprint density at radius 2 is 1.92 bits per heavy atom. The van der Waals surface area contributed by atoms with Gasteiger partial charge in [0.25, 0.3) is 5.91 Å². The molecule has 25 heavy (non-hydrogen) atoms. The molecule has 0 saturated carbocycles. The number of amides is 1. The summed E-state index contributed by atoms with van der Waals surface area (Å²) in [6.07, 6.45) is 0.524. The standard InChI is InChI=1S/C20H21NO4/c1-14-5-2-3-7-16(14)20(23)9-10-21(13-20)19(22)15-6-4-8-17-18(15)25-12-11-24-17/h2-8,23H,9-13H2,1H3/t20-/m1/s1. The van der Waals surface area contributed by atoms with E-state index < -0.39 is 5.60 Å². The van der Waals surface area contributed by atoms with Crippen LogP contribution in [-0.4, -0.2) is 42.2 Å². The number of hydrogen-bond acceptors (Lipinski definition) is 4. The Hall–Kier alpha value is -2.53. The van der Waals surface area contributed by atoms with Gasteiger partial charge in [-0.25, -0.2) is 0 Å². The lowest BCUT2D eigenvalue weighted by molar-refractivity contribution is 0.0410. The van der Waals surface area contributed by atoms with Crippen LogP contribution in [0.15, 0.2) is 42.5 Å². The molecule has 1 N–H and O–H groups in total. The Kier molecular flexibility index (Phi) is 3.88. The van der Waals surface area contributed by atoms with Crippen molar-refractivity contribution in [1.82, 2.24) is 4.90 Å². The highest BCUT2D eigenvalue weighted by Gasteiger charge is 2.41. The lowest BCUT2D eigenvalue weighted by Crippen LogP contribution is -2.35. The number of ether oxygens (including phenoxy) is 2. The fraction of sp³-hybridized carbons (Fsp3) is 0.350. The maximum Gasteiger partial charge on any atom is 0.257 e. The number of carbonyl (C=O) groups is 1. The fourth-order valence-electron chi connectivity index (χ4n) is 3.69. The first kappa shape index (κ1) is 16.0. The van der Waals surface area contributed by atoms with Gasteiger partial charge in [0.15, 0.2) is 11.5 Å². The summed E-state index contributed by atoms with van der Waals surface area (Å²) in [5.74, 6) is 0.974. The third kappa shape index (κ3) is 2.74. The number of β-amino-alcohol motifs (C(OH)–C–C–N with tert-alkyl or cyclic N) is 1. The van der Waals surface area contributed by atoms with E-state index in [2.05, 4.69) is 0 Å². The highest BCUT2D eigenvalue weighted by molar-refractivity contribution is 5.98. The van der Waals surface area contributed by atoms with Crippen LogP contribution in [0.2, 0.25) is 0 Å². The number of aliphatic hydroxyl groups is 1. The van der Waals surface area contributed by atoms with Gasteiger partial charge in [0.2, 0.25) is 0 Å². The zero-order valence-corrected chi connectivity index (χ0v) is 14.2. The summed E-state index contributed by atoms with van der Waals surface area (Å²) in [5.41, 5.74) is 1.41. The van der Waals surface area contributed by atoms with Crippen molar-refractivity contribution < 1.29 is 19.4 Å². The minimum absolute atomic E-state index is 0.133. The maximum atomic E-state index is 13.0. The summed E-state index contributed by atoms with van der Waals surface area (Å²) in [6, 6.07) is 13.1. The van der Waals surface area contributed by atoms with Crippen molar-refractivity contribution in [2.75, 3.05) is 26.3 Å². The largest absolute Gasteiger partial charge is 0.486 e. The fourth-order valence-corrected chi connectivity index (χ4v) is 3.69. The quantitative estimate of drug-likeness (QED) is 0.913. The number of nitrogens with zero attached hydrogens (tertiary/aromatic N) is 1.